The molecule has 4 rings (SSSR count). The summed E-state index contributed by atoms with van der Waals surface area (Å²) in [6.45, 7) is 3.43. The van der Waals surface area contributed by atoms with Crippen molar-refractivity contribution in [3.8, 4) is 0 Å². The van der Waals surface area contributed by atoms with E-state index in [0.717, 1.165) is 42.6 Å². The third-order valence-electron chi connectivity index (χ3n) is 6.12. The standard InChI is InChI=1S/C27H31N3O2/c1-20-14-23(16-24(15-20)29-17-21-8-4-2-5-9-21)25-12-13-28-18-26(25)30-27(31)32-19-22-10-6-3-7-11-22/h2-13,18,20,23-24,29H,14-17,19H2,1H3,(H,30,31)/t20-,23+,24-/m0/s1. The van der Waals surface area contributed by atoms with Gasteiger partial charge in [-0.3, -0.25) is 10.3 Å². The Labute approximate surface area is 190 Å². The van der Waals surface area contributed by atoms with E-state index < -0.39 is 6.09 Å². The lowest BCUT2D eigenvalue weighted by molar-refractivity contribution is 0.155. The second kappa shape index (κ2) is 10.9. The Kier molecular flexibility index (Phi) is 7.51. The molecule has 1 saturated carbocycles. The first-order valence-electron chi connectivity index (χ1n) is 11.4. The molecule has 2 N–H and O–H groups in total. The van der Waals surface area contributed by atoms with Gasteiger partial charge >= 0.3 is 6.09 Å². The molecule has 0 unspecified atom stereocenters. The summed E-state index contributed by atoms with van der Waals surface area (Å²) in [4.78, 5) is 16.7. The number of aromatic nitrogens is 1. The van der Waals surface area contributed by atoms with Crippen molar-refractivity contribution in [1.29, 1.82) is 0 Å². The largest absolute Gasteiger partial charge is 0.444 e. The average molecular weight is 430 g/mol. The van der Waals surface area contributed by atoms with Crippen LogP contribution in [0.4, 0.5) is 10.5 Å². The first-order chi connectivity index (χ1) is 15.7. The number of nitrogens with zero attached hydrogens (tertiary/aromatic N) is 1. The highest BCUT2D eigenvalue weighted by molar-refractivity contribution is 5.85. The highest BCUT2D eigenvalue weighted by Crippen LogP contribution is 2.39. The number of carbonyl (C=O) groups excluding carboxylic acids is 1. The summed E-state index contributed by atoms with van der Waals surface area (Å²) in [5.41, 5.74) is 4.14. The molecule has 2 aromatic carbocycles. The summed E-state index contributed by atoms with van der Waals surface area (Å²) in [6.07, 6.45) is 6.38. The number of anilines is 1. The Morgan fingerprint density at radius 2 is 1.69 bits per heavy atom. The van der Waals surface area contributed by atoms with Crippen LogP contribution >= 0.6 is 0 Å². The number of rotatable bonds is 7. The van der Waals surface area contributed by atoms with E-state index in [1.54, 1.807) is 6.20 Å². The number of hydrogen-bond acceptors (Lipinski definition) is 4. The SMILES string of the molecule is C[C@@H]1C[C@H](NCc2ccccc2)C[C@H](c2ccncc2NC(=O)OCc2ccccc2)C1. The monoisotopic (exact) mass is 429 g/mol. The molecule has 0 saturated heterocycles. The summed E-state index contributed by atoms with van der Waals surface area (Å²) in [6, 6.07) is 22.7. The van der Waals surface area contributed by atoms with Crippen LogP contribution < -0.4 is 10.6 Å². The Morgan fingerprint density at radius 3 is 2.44 bits per heavy atom. The van der Waals surface area contributed by atoms with E-state index in [1.807, 2.05) is 48.7 Å². The minimum absolute atomic E-state index is 0.244. The van der Waals surface area contributed by atoms with Crippen LogP contribution in [-0.2, 0) is 17.9 Å². The second-order valence-electron chi connectivity index (χ2n) is 8.72. The molecule has 166 valence electrons. The predicted octanol–water partition coefficient (Wildman–Crippen LogP) is 5.89. The number of ether oxygens (including phenoxy) is 1. The van der Waals surface area contributed by atoms with Crippen LogP contribution in [0.3, 0.4) is 0 Å². The van der Waals surface area contributed by atoms with Crippen molar-refractivity contribution in [2.24, 2.45) is 5.92 Å². The van der Waals surface area contributed by atoms with Gasteiger partial charge in [-0.15, -0.1) is 0 Å². The molecule has 32 heavy (non-hydrogen) atoms. The minimum Gasteiger partial charge on any atom is -0.444 e. The van der Waals surface area contributed by atoms with E-state index in [9.17, 15) is 4.79 Å². The summed E-state index contributed by atoms with van der Waals surface area (Å²) in [7, 11) is 0. The van der Waals surface area contributed by atoms with Gasteiger partial charge in [-0.25, -0.2) is 4.79 Å². The molecule has 5 heteroatoms. The van der Waals surface area contributed by atoms with Gasteiger partial charge in [0.2, 0.25) is 0 Å². The fraction of sp³-hybridized carbons (Fsp3) is 0.333. The van der Waals surface area contributed by atoms with Crippen molar-refractivity contribution < 1.29 is 9.53 Å². The van der Waals surface area contributed by atoms with Gasteiger partial charge in [0.15, 0.2) is 0 Å². The maximum absolute atomic E-state index is 12.4. The normalized spacial score (nSPS) is 20.5. The van der Waals surface area contributed by atoms with Crippen molar-refractivity contribution >= 4 is 11.8 Å². The summed E-state index contributed by atoms with van der Waals surface area (Å²) in [5.74, 6) is 0.965. The maximum Gasteiger partial charge on any atom is 0.412 e. The summed E-state index contributed by atoms with van der Waals surface area (Å²) >= 11 is 0. The van der Waals surface area contributed by atoms with Gasteiger partial charge in [0, 0.05) is 18.8 Å². The molecule has 0 aliphatic heterocycles. The molecule has 1 aliphatic carbocycles. The molecule has 1 amide bonds. The minimum atomic E-state index is -0.453. The maximum atomic E-state index is 12.4. The number of carbonyl (C=O) groups is 1. The van der Waals surface area contributed by atoms with Crippen LogP contribution in [0, 0.1) is 5.92 Å². The van der Waals surface area contributed by atoms with Crippen LogP contribution in [0.5, 0.6) is 0 Å². The Bertz CT molecular complexity index is 994. The van der Waals surface area contributed by atoms with Crippen molar-refractivity contribution in [2.45, 2.75) is 51.3 Å². The van der Waals surface area contributed by atoms with E-state index in [2.05, 4.69) is 46.8 Å². The lowest BCUT2D eigenvalue weighted by Crippen LogP contribution is -2.36. The van der Waals surface area contributed by atoms with Gasteiger partial charge in [0.1, 0.15) is 6.61 Å². The first-order valence-corrected chi connectivity index (χ1v) is 11.4. The molecule has 1 heterocycles. The molecule has 3 atom stereocenters. The fourth-order valence-corrected chi connectivity index (χ4v) is 4.62. The van der Waals surface area contributed by atoms with Crippen LogP contribution in [-0.4, -0.2) is 17.1 Å². The van der Waals surface area contributed by atoms with Crippen molar-refractivity contribution in [3.63, 3.8) is 0 Å². The van der Waals surface area contributed by atoms with Crippen LogP contribution in [0.2, 0.25) is 0 Å². The Hall–Kier alpha value is -3.18. The van der Waals surface area contributed by atoms with E-state index in [0.29, 0.717) is 17.9 Å². The molecule has 0 bridgehead atoms. The number of nitrogens with one attached hydrogen (secondary N) is 2. The first kappa shape index (κ1) is 22.0. The number of hydrogen-bond donors (Lipinski definition) is 2. The van der Waals surface area contributed by atoms with Gasteiger partial charge in [-0.1, -0.05) is 67.6 Å². The molecule has 1 aliphatic rings. The average Bonchev–Trinajstić information content (AvgIpc) is 2.83. The third-order valence-corrected chi connectivity index (χ3v) is 6.12. The quantitative estimate of drug-likeness (QED) is 0.491. The molecule has 5 nitrogen and oxygen atoms in total. The molecule has 0 spiro atoms. The zero-order valence-electron chi connectivity index (χ0n) is 18.5. The van der Waals surface area contributed by atoms with Crippen LogP contribution in [0.15, 0.2) is 79.1 Å². The van der Waals surface area contributed by atoms with Gasteiger partial charge < -0.3 is 10.1 Å². The number of benzene rings is 2. The Morgan fingerprint density at radius 1 is 0.969 bits per heavy atom. The molecule has 0 radical (unpaired) electrons. The van der Waals surface area contributed by atoms with Gasteiger partial charge in [0.25, 0.3) is 0 Å². The topological polar surface area (TPSA) is 63.2 Å². The molecule has 1 aromatic heterocycles. The highest BCUT2D eigenvalue weighted by Gasteiger charge is 2.29. The van der Waals surface area contributed by atoms with Crippen molar-refractivity contribution in [3.05, 3.63) is 95.8 Å². The Balaban J connectivity index is 1.38. The summed E-state index contributed by atoms with van der Waals surface area (Å²) in [5, 5.41) is 6.66. The van der Waals surface area contributed by atoms with Gasteiger partial charge in [0.05, 0.1) is 11.9 Å². The fourth-order valence-electron chi connectivity index (χ4n) is 4.62. The van der Waals surface area contributed by atoms with E-state index in [-0.39, 0.29) is 6.61 Å². The van der Waals surface area contributed by atoms with Gasteiger partial charge in [-0.05, 0) is 53.9 Å². The summed E-state index contributed by atoms with van der Waals surface area (Å²) < 4.78 is 5.41. The highest BCUT2D eigenvalue weighted by atomic mass is 16.5. The molecular formula is C27H31N3O2. The van der Waals surface area contributed by atoms with Gasteiger partial charge in [-0.2, -0.15) is 0 Å². The molecule has 1 fully saturated rings. The van der Waals surface area contributed by atoms with E-state index >= 15 is 0 Å². The predicted molar refractivity (Wildman–Crippen MR) is 127 cm³/mol. The van der Waals surface area contributed by atoms with Crippen molar-refractivity contribution in [2.75, 3.05) is 5.32 Å². The lowest BCUT2D eigenvalue weighted by Gasteiger charge is -2.35. The smallest absolute Gasteiger partial charge is 0.412 e. The lowest BCUT2D eigenvalue weighted by atomic mass is 9.76. The molecule has 3 aromatic rings. The molecular weight excluding hydrogens is 398 g/mol. The van der Waals surface area contributed by atoms with E-state index in [1.165, 1.54) is 5.56 Å². The second-order valence-corrected chi connectivity index (χ2v) is 8.72. The number of amides is 1. The van der Waals surface area contributed by atoms with E-state index in [4.69, 9.17) is 4.74 Å². The zero-order valence-corrected chi connectivity index (χ0v) is 18.5. The third kappa shape index (κ3) is 6.17. The van der Waals surface area contributed by atoms with Crippen molar-refractivity contribution in [1.82, 2.24) is 10.3 Å². The zero-order chi connectivity index (χ0) is 22.2. The van der Waals surface area contributed by atoms with Crippen LogP contribution in [0.25, 0.3) is 0 Å². The van der Waals surface area contributed by atoms with Crippen LogP contribution in [0.1, 0.15) is 48.8 Å². The number of pyridine rings is 1.